The number of aliphatic hydroxyl groups is 1. The maximum Gasteiger partial charge on any atom is 0.261 e. The fraction of sp³-hybridized carbons (Fsp3) is 0.333. The van der Waals surface area contributed by atoms with Crippen LogP contribution in [-0.4, -0.2) is 46.7 Å². The van der Waals surface area contributed by atoms with Crippen molar-refractivity contribution in [3.8, 4) is 0 Å². The fourth-order valence-corrected chi connectivity index (χ4v) is 2.27. The lowest BCUT2D eigenvalue weighted by atomic mass is 9.97. The number of rotatable bonds is 4. The number of nitrogens with one attached hydrogen (secondary N) is 1. The number of aliphatic imine (C=N–C) groups is 2. The molecule has 0 spiro atoms. The Bertz CT molecular complexity index is 508. The van der Waals surface area contributed by atoms with Gasteiger partial charge in [-0.15, -0.1) is 0 Å². The highest BCUT2D eigenvalue weighted by molar-refractivity contribution is 8.14. The molecule has 2 aliphatic rings. The SMILES string of the molecule is O=C(CSC1=NC(=O)C2C=CC=CC2=N1)NCCO. The van der Waals surface area contributed by atoms with E-state index in [1.165, 1.54) is 0 Å². The number of hydrogen-bond donors (Lipinski definition) is 2. The summed E-state index contributed by atoms with van der Waals surface area (Å²) in [5.74, 6) is -0.760. The van der Waals surface area contributed by atoms with E-state index in [0.717, 1.165) is 11.8 Å². The molecule has 0 fully saturated rings. The summed E-state index contributed by atoms with van der Waals surface area (Å²) in [6.45, 7) is 0.117. The number of amidine groups is 1. The zero-order valence-corrected chi connectivity index (χ0v) is 10.9. The number of carbonyl (C=O) groups excluding carboxylic acids is 2. The number of hydrogen-bond acceptors (Lipinski definition) is 5. The third-order valence-electron chi connectivity index (χ3n) is 2.46. The minimum atomic E-state index is -0.391. The summed E-state index contributed by atoms with van der Waals surface area (Å²) in [5.41, 5.74) is 0.653. The minimum Gasteiger partial charge on any atom is -0.395 e. The number of fused-ring (bicyclic) bond motifs is 1. The zero-order chi connectivity index (χ0) is 13.7. The van der Waals surface area contributed by atoms with E-state index in [0.29, 0.717) is 10.9 Å². The number of thioether (sulfide) groups is 1. The van der Waals surface area contributed by atoms with Crippen LogP contribution in [0.1, 0.15) is 0 Å². The van der Waals surface area contributed by atoms with Gasteiger partial charge in [-0.05, 0) is 6.08 Å². The van der Waals surface area contributed by atoms with Crippen LogP contribution in [0.4, 0.5) is 0 Å². The topological polar surface area (TPSA) is 91.1 Å². The van der Waals surface area contributed by atoms with Gasteiger partial charge in [-0.25, -0.2) is 4.99 Å². The predicted molar refractivity (Wildman–Crippen MR) is 74.2 cm³/mol. The van der Waals surface area contributed by atoms with Crippen molar-refractivity contribution in [3.05, 3.63) is 24.3 Å². The van der Waals surface area contributed by atoms with E-state index in [1.807, 2.05) is 6.08 Å². The lowest BCUT2D eigenvalue weighted by Crippen LogP contribution is -2.29. The Morgan fingerprint density at radius 1 is 1.42 bits per heavy atom. The molecule has 1 unspecified atom stereocenters. The lowest BCUT2D eigenvalue weighted by molar-refractivity contribution is -0.119. The van der Waals surface area contributed by atoms with Gasteiger partial charge in [-0.3, -0.25) is 9.59 Å². The Labute approximate surface area is 114 Å². The van der Waals surface area contributed by atoms with Crippen molar-refractivity contribution in [2.75, 3.05) is 18.9 Å². The first-order valence-corrected chi connectivity index (χ1v) is 6.75. The van der Waals surface area contributed by atoms with Crippen molar-refractivity contribution < 1.29 is 14.7 Å². The molecule has 0 saturated carbocycles. The van der Waals surface area contributed by atoms with Gasteiger partial charge in [0.05, 0.1) is 18.1 Å². The van der Waals surface area contributed by atoms with Crippen LogP contribution in [0.3, 0.4) is 0 Å². The summed E-state index contributed by atoms with van der Waals surface area (Å²) >= 11 is 1.11. The van der Waals surface area contributed by atoms with Crippen molar-refractivity contribution in [1.29, 1.82) is 0 Å². The molecule has 1 atom stereocenters. The molecule has 7 heteroatoms. The van der Waals surface area contributed by atoms with Gasteiger partial charge in [0.1, 0.15) is 5.92 Å². The molecule has 0 aromatic heterocycles. The number of carbonyl (C=O) groups is 2. The first-order valence-electron chi connectivity index (χ1n) is 5.77. The third-order valence-corrected chi connectivity index (χ3v) is 3.31. The van der Waals surface area contributed by atoms with Gasteiger partial charge >= 0.3 is 0 Å². The summed E-state index contributed by atoms with van der Waals surface area (Å²) < 4.78 is 0. The van der Waals surface area contributed by atoms with E-state index in [9.17, 15) is 9.59 Å². The summed E-state index contributed by atoms with van der Waals surface area (Å²) in [6.07, 6.45) is 7.12. The van der Waals surface area contributed by atoms with Gasteiger partial charge in [-0.1, -0.05) is 30.0 Å². The van der Waals surface area contributed by atoms with Crippen LogP contribution >= 0.6 is 11.8 Å². The highest BCUT2D eigenvalue weighted by atomic mass is 32.2. The first kappa shape index (κ1) is 13.7. The van der Waals surface area contributed by atoms with Gasteiger partial charge < -0.3 is 10.4 Å². The van der Waals surface area contributed by atoms with E-state index >= 15 is 0 Å². The first-order chi connectivity index (χ1) is 9.20. The van der Waals surface area contributed by atoms with Gasteiger partial charge in [0, 0.05) is 6.54 Å². The summed E-state index contributed by atoms with van der Waals surface area (Å²) in [4.78, 5) is 31.2. The highest BCUT2D eigenvalue weighted by Crippen LogP contribution is 2.19. The molecule has 1 aliphatic carbocycles. The second-order valence-electron chi connectivity index (χ2n) is 3.85. The number of allylic oxidation sites excluding steroid dienone is 3. The van der Waals surface area contributed by atoms with Crippen LogP contribution in [-0.2, 0) is 9.59 Å². The number of nitrogens with zero attached hydrogens (tertiary/aromatic N) is 2. The number of amides is 2. The van der Waals surface area contributed by atoms with Crippen molar-refractivity contribution in [2.24, 2.45) is 15.9 Å². The summed E-state index contributed by atoms with van der Waals surface area (Å²) in [7, 11) is 0. The molecule has 0 saturated heterocycles. The van der Waals surface area contributed by atoms with E-state index in [4.69, 9.17) is 5.11 Å². The van der Waals surface area contributed by atoms with Crippen LogP contribution in [0.15, 0.2) is 34.3 Å². The molecule has 1 aliphatic heterocycles. The molecular formula is C12H13N3O3S. The molecule has 2 amide bonds. The second-order valence-corrected chi connectivity index (χ2v) is 4.80. The van der Waals surface area contributed by atoms with Crippen molar-refractivity contribution in [3.63, 3.8) is 0 Å². The molecule has 0 bridgehead atoms. The van der Waals surface area contributed by atoms with Gasteiger partial charge in [0.25, 0.3) is 5.91 Å². The van der Waals surface area contributed by atoms with Gasteiger partial charge in [0.2, 0.25) is 5.91 Å². The maximum atomic E-state index is 11.8. The van der Waals surface area contributed by atoms with E-state index in [1.54, 1.807) is 18.2 Å². The highest BCUT2D eigenvalue weighted by Gasteiger charge is 2.26. The predicted octanol–water partition coefficient (Wildman–Crippen LogP) is -0.0925. The Morgan fingerprint density at radius 3 is 3.05 bits per heavy atom. The normalized spacial score (nSPS) is 20.7. The molecule has 2 N–H and O–H groups in total. The Hall–Kier alpha value is -1.73. The average molecular weight is 279 g/mol. The standard InChI is InChI=1S/C12H13N3O3S/c16-6-5-13-10(17)7-19-12-14-9-4-2-1-3-8(9)11(18)15-12/h1-4,8,16H,5-7H2,(H,13,17). The number of aliphatic hydroxyl groups excluding tert-OH is 1. The van der Waals surface area contributed by atoms with Crippen LogP contribution in [0.2, 0.25) is 0 Å². The molecule has 19 heavy (non-hydrogen) atoms. The van der Waals surface area contributed by atoms with Crippen molar-refractivity contribution >= 4 is 34.5 Å². The van der Waals surface area contributed by atoms with E-state index in [2.05, 4.69) is 15.3 Å². The summed E-state index contributed by atoms with van der Waals surface area (Å²) in [6, 6.07) is 0. The minimum absolute atomic E-state index is 0.100. The monoisotopic (exact) mass is 279 g/mol. The maximum absolute atomic E-state index is 11.8. The largest absolute Gasteiger partial charge is 0.395 e. The Balaban J connectivity index is 1.93. The third kappa shape index (κ3) is 3.62. The van der Waals surface area contributed by atoms with E-state index < -0.39 is 5.92 Å². The van der Waals surface area contributed by atoms with Crippen LogP contribution in [0.5, 0.6) is 0 Å². The summed E-state index contributed by atoms with van der Waals surface area (Å²) in [5, 5.41) is 11.4. The molecule has 6 nitrogen and oxygen atoms in total. The average Bonchev–Trinajstić information content (AvgIpc) is 2.43. The fourth-order valence-electron chi connectivity index (χ4n) is 1.59. The molecule has 1 heterocycles. The Morgan fingerprint density at radius 2 is 2.26 bits per heavy atom. The second kappa shape index (κ2) is 6.44. The molecule has 0 aromatic carbocycles. The van der Waals surface area contributed by atoms with Gasteiger partial charge in [0.15, 0.2) is 5.17 Å². The van der Waals surface area contributed by atoms with Crippen LogP contribution in [0, 0.1) is 5.92 Å². The van der Waals surface area contributed by atoms with Crippen LogP contribution in [0.25, 0.3) is 0 Å². The van der Waals surface area contributed by atoms with E-state index in [-0.39, 0.29) is 30.7 Å². The molecule has 0 aromatic rings. The van der Waals surface area contributed by atoms with Crippen molar-refractivity contribution in [1.82, 2.24) is 5.32 Å². The lowest BCUT2D eigenvalue weighted by Gasteiger charge is -2.16. The molecule has 2 rings (SSSR count). The Kier molecular flexibility index (Phi) is 4.64. The quantitative estimate of drug-likeness (QED) is 0.752. The molecule has 0 radical (unpaired) electrons. The van der Waals surface area contributed by atoms with Crippen molar-refractivity contribution in [2.45, 2.75) is 0 Å². The van der Waals surface area contributed by atoms with Crippen LogP contribution < -0.4 is 5.32 Å². The zero-order valence-electron chi connectivity index (χ0n) is 10.1. The molecule has 100 valence electrons. The smallest absolute Gasteiger partial charge is 0.261 e. The molecular weight excluding hydrogens is 266 g/mol. The van der Waals surface area contributed by atoms with Gasteiger partial charge in [-0.2, -0.15) is 4.99 Å².